The largest absolute Gasteiger partial charge is 0.378 e. The van der Waals surface area contributed by atoms with Crippen molar-refractivity contribution in [1.29, 1.82) is 0 Å². The smallest absolute Gasteiger partial charge is 0.208 e. The van der Waals surface area contributed by atoms with Crippen molar-refractivity contribution < 1.29 is 4.74 Å². The van der Waals surface area contributed by atoms with E-state index >= 15 is 0 Å². The van der Waals surface area contributed by atoms with Gasteiger partial charge in [-0.25, -0.2) is 0 Å². The van der Waals surface area contributed by atoms with E-state index in [0.717, 1.165) is 47.7 Å². The fourth-order valence-electron chi connectivity index (χ4n) is 3.48. The van der Waals surface area contributed by atoms with Gasteiger partial charge in [0.25, 0.3) is 0 Å². The molecule has 2 aliphatic rings. The molecule has 3 heterocycles. The Kier molecular flexibility index (Phi) is 4.51. The van der Waals surface area contributed by atoms with E-state index in [4.69, 9.17) is 16.3 Å². The van der Waals surface area contributed by atoms with E-state index in [-0.39, 0.29) is 0 Å². The first-order chi connectivity index (χ1) is 11.3. The van der Waals surface area contributed by atoms with Crippen LogP contribution in [0, 0.1) is 5.92 Å². The summed E-state index contributed by atoms with van der Waals surface area (Å²) in [6, 6.07) is 7.95. The topological polar surface area (TPSA) is 38.2 Å². The van der Waals surface area contributed by atoms with Crippen LogP contribution in [0.4, 0.5) is 5.13 Å². The second-order valence-corrected chi connectivity index (χ2v) is 7.80. The van der Waals surface area contributed by atoms with E-state index in [1.54, 1.807) is 11.3 Å². The van der Waals surface area contributed by atoms with Crippen molar-refractivity contribution in [2.24, 2.45) is 5.92 Å². The van der Waals surface area contributed by atoms with E-state index in [1.807, 2.05) is 24.3 Å². The van der Waals surface area contributed by atoms with Crippen molar-refractivity contribution in [3.8, 4) is 0 Å². The molecule has 4 nitrogen and oxygen atoms in total. The number of halogens is 1. The quantitative estimate of drug-likeness (QED) is 0.845. The molecule has 2 atom stereocenters. The van der Waals surface area contributed by atoms with Gasteiger partial charge in [-0.15, -0.1) is 10.2 Å². The Morgan fingerprint density at radius 2 is 2.09 bits per heavy atom. The van der Waals surface area contributed by atoms with Crippen molar-refractivity contribution in [3.05, 3.63) is 39.9 Å². The Balaban J connectivity index is 1.42. The minimum absolute atomic E-state index is 0.460. The van der Waals surface area contributed by atoms with E-state index in [2.05, 4.69) is 15.1 Å². The Bertz CT molecular complexity index is 660. The summed E-state index contributed by atoms with van der Waals surface area (Å²) in [5.41, 5.74) is 1.22. The molecule has 0 spiro atoms. The highest BCUT2D eigenvalue weighted by molar-refractivity contribution is 7.15. The van der Waals surface area contributed by atoms with Gasteiger partial charge in [0.05, 0.1) is 6.10 Å². The summed E-state index contributed by atoms with van der Waals surface area (Å²) in [5, 5.41) is 11.7. The zero-order valence-electron chi connectivity index (χ0n) is 12.9. The number of hydrogen-bond donors (Lipinski definition) is 0. The lowest BCUT2D eigenvalue weighted by Crippen LogP contribution is -2.46. The van der Waals surface area contributed by atoms with Gasteiger partial charge >= 0.3 is 0 Å². The summed E-state index contributed by atoms with van der Waals surface area (Å²) in [6.45, 7) is 3.02. The Morgan fingerprint density at radius 1 is 1.22 bits per heavy atom. The maximum absolute atomic E-state index is 5.93. The van der Waals surface area contributed by atoms with E-state index in [9.17, 15) is 0 Å². The average molecular weight is 350 g/mol. The molecule has 4 rings (SSSR count). The fourth-order valence-corrected chi connectivity index (χ4v) is 4.52. The zero-order chi connectivity index (χ0) is 15.6. The lowest BCUT2D eigenvalue weighted by Gasteiger charge is -2.40. The van der Waals surface area contributed by atoms with Crippen molar-refractivity contribution >= 4 is 28.1 Å². The first-order valence-electron chi connectivity index (χ1n) is 8.21. The van der Waals surface area contributed by atoms with Crippen LogP contribution in [0.3, 0.4) is 0 Å². The fraction of sp³-hybridized carbons (Fsp3) is 0.529. The van der Waals surface area contributed by atoms with E-state index < -0.39 is 0 Å². The van der Waals surface area contributed by atoms with Crippen molar-refractivity contribution in [3.63, 3.8) is 0 Å². The molecule has 2 saturated heterocycles. The molecule has 0 amide bonds. The molecule has 0 bridgehead atoms. The predicted molar refractivity (Wildman–Crippen MR) is 93.5 cm³/mol. The van der Waals surface area contributed by atoms with Crippen LogP contribution in [0.1, 0.15) is 29.8 Å². The first-order valence-corrected chi connectivity index (χ1v) is 9.41. The van der Waals surface area contributed by atoms with Crippen LogP contribution >= 0.6 is 22.9 Å². The number of nitrogens with zero attached hydrogens (tertiary/aromatic N) is 3. The summed E-state index contributed by atoms with van der Waals surface area (Å²) in [6.07, 6.45) is 4.85. The second kappa shape index (κ2) is 6.75. The molecular formula is C17H20ClN3OS. The van der Waals surface area contributed by atoms with Gasteiger partial charge in [-0.2, -0.15) is 0 Å². The molecule has 2 fully saturated rings. The van der Waals surface area contributed by atoms with Crippen LogP contribution in [0.2, 0.25) is 5.02 Å². The third kappa shape index (κ3) is 3.52. The van der Waals surface area contributed by atoms with Crippen LogP contribution in [-0.4, -0.2) is 36.0 Å². The number of piperidine rings is 1. The minimum atomic E-state index is 0.460. The molecule has 122 valence electrons. The van der Waals surface area contributed by atoms with Gasteiger partial charge in [0.15, 0.2) is 0 Å². The van der Waals surface area contributed by atoms with Gasteiger partial charge in [0.1, 0.15) is 5.01 Å². The minimum Gasteiger partial charge on any atom is -0.378 e. The van der Waals surface area contributed by atoms with E-state index in [0.29, 0.717) is 12.0 Å². The maximum Gasteiger partial charge on any atom is 0.208 e. The van der Waals surface area contributed by atoms with Crippen LogP contribution in [0.5, 0.6) is 0 Å². The Labute approximate surface area is 145 Å². The van der Waals surface area contributed by atoms with Gasteiger partial charge in [-0.1, -0.05) is 35.1 Å². The number of ether oxygens (including phenoxy) is 1. The highest BCUT2D eigenvalue weighted by atomic mass is 35.5. The lowest BCUT2D eigenvalue weighted by atomic mass is 9.89. The summed E-state index contributed by atoms with van der Waals surface area (Å²) in [5.74, 6) is 0.654. The number of benzene rings is 1. The molecule has 0 aliphatic carbocycles. The van der Waals surface area contributed by atoms with Gasteiger partial charge in [0, 0.05) is 37.1 Å². The molecule has 2 unspecified atom stereocenters. The molecule has 0 N–H and O–H groups in total. The summed E-state index contributed by atoms with van der Waals surface area (Å²) < 4.78 is 5.89. The lowest BCUT2D eigenvalue weighted by molar-refractivity contribution is -0.0357. The molecule has 6 heteroatoms. The number of anilines is 1. The third-order valence-electron chi connectivity index (χ3n) is 4.71. The van der Waals surface area contributed by atoms with Crippen LogP contribution in [0.25, 0.3) is 0 Å². The number of hydrogen-bond acceptors (Lipinski definition) is 5. The van der Waals surface area contributed by atoms with Gasteiger partial charge in [-0.3, -0.25) is 0 Å². The monoisotopic (exact) mass is 349 g/mol. The van der Waals surface area contributed by atoms with Crippen molar-refractivity contribution in [2.75, 3.05) is 24.6 Å². The molecule has 1 aromatic carbocycles. The van der Waals surface area contributed by atoms with Crippen LogP contribution in [-0.2, 0) is 11.2 Å². The highest BCUT2D eigenvalue weighted by Crippen LogP contribution is 2.32. The summed E-state index contributed by atoms with van der Waals surface area (Å²) in [7, 11) is 0. The van der Waals surface area contributed by atoms with Crippen LogP contribution in [0.15, 0.2) is 24.3 Å². The average Bonchev–Trinajstić information content (AvgIpc) is 3.05. The SMILES string of the molecule is Clc1ccc(Cc2nnc(N3CCC4OCCCC4C3)s2)cc1. The normalized spacial score (nSPS) is 24.5. The molecule has 2 aromatic rings. The number of fused-ring (bicyclic) bond motifs is 1. The molecule has 2 aliphatic heterocycles. The van der Waals surface area contributed by atoms with Crippen LogP contribution < -0.4 is 4.90 Å². The molecular weight excluding hydrogens is 330 g/mol. The van der Waals surface area contributed by atoms with Crippen molar-refractivity contribution in [1.82, 2.24) is 10.2 Å². The van der Waals surface area contributed by atoms with Crippen molar-refractivity contribution in [2.45, 2.75) is 31.8 Å². The van der Waals surface area contributed by atoms with Gasteiger partial charge < -0.3 is 9.64 Å². The third-order valence-corrected chi connectivity index (χ3v) is 5.95. The number of rotatable bonds is 3. The molecule has 1 aromatic heterocycles. The first kappa shape index (κ1) is 15.4. The summed E-state index contributed by atoms with van der Waals surface area (Å²) >= 11 is 7.64. The predicted octanol–water partition coefficient (Wildman–Crippen LogP) is 3.79. The highest BCUT2D eigenvalue weighted by Gasteiger charge is 2.33. The summed E-state index contributed by atoms with van der Waals surface area (Å²) in [4.78, 5) is 2.39. The second-order valence-electron chi connectivity index (χ2n) is 6.33. The zero-order valence-corrected chi connectivity index (χ0v) is 14.5. The molecule has 0 radical (unpaired) electrons. The Morgan fingerprint density at radius 3 is 2.96 bits per heavy atom. The van der Waals surface area contributed by atoms with Gasteiger partial charge in [0.2, 0.25) is 5.13 Å². The van der Waals surface area contributed by atoms with Gasteiger partial charge in [-0.05, 0) is 37.0 Å². The maximum atomic E-state index is 5.93. The standard InChI is InChI=1S/C17H20ClN3OS/c18-14-5-3-12(4-6-14)10-16-19-20-17(23-16)21-8-7-15-13(11-21)2-1-9-22-15/h3-6,13,15H,1-2,7-11H2. The molecule has 23 heavy (non-hydrogen) atoms. The molecule has 0 saturated carbocycles. The Hall–Kier alpha value is -1.17. The number of aromatic nitrogens is 2. The van der Waals surface area contributed by atoms with E-state index in [1.165, 1.54) is 18.4 Å².